The molecule has 1 aromatic heterocycles. The summed E-state index contributed by atoms with van der Waals surface area (Å²) in [6.45, 7) is 2.36. The number of aromatic nitrogens is 2. The molecule has 0 atom stereocenters. The second-order valence-corrected chi connectivity index (χ2v) is 6.27. The molecule has 4 nitrogen and oxygen atoms in total. The van der Waals surface area contributed by atoms with Gasteiger partial charge >= 0.3 is 0 Å². The molecule has 6 heteroatoms. The average molecular weight is 363 g/mol. The van der Waals surface area contributed by atoms with Crippen LogP contribution < -0.4 is 4.90 Å². The second kappa shape index (κ2) is 8.15. The number of nitrogens with zero attached hydrogens (tertiary/aromatic N) is 3. The van der Waals surface area contributed by atoms with E-state index in [4.69, 9.17) is 16.7 Å². The molecule has 0 unspecified atom stereocenters. The third kappa shape index (κ3) is 4.30. The Balaban J connectivity index is 1.87. The SMILES string of the molecule is OCCCCCCCN1CCCc2nc(Br)c(Cl)nc21. The van der Waals surface area contributed by atoms with Gasteiger partial charge in [-0.2, -0.15) is 0 Å². The highest BCUT2D eigenvalue weighted by molar-refractivity contribution is 9.10. The molecular weight excluding hydrogens is 342 g/mol. The van der Waals surface area contributed by atoms with E-state index in [1.165, 1.54) is 12.8 Å². The van der Waals surface area contributed by atoms with Crippen LogP contribution in [0.3, 0.4) is 0 Å². The lowest BCUT2D eigenvalue weighted by molar-refractivity contribution is 0.282. The van der Waals surface area contributed by atoms with E-state index in [1.807, 2.05) is 0 Å². The number of fused-ring (bicyclic) bond motifs is 1. The molecule has 1 aliphatic heterocycles. The Kier molecular flexibility index (Phi) is 6.52. The standard InChI is InChI=1S/C14H21BrClN3O/c15-12-13(16)18-14-11(17-12)7-6-9-19(14)8-4-2-1-3-5-10-20/h20H,1-10H2. The van der Waals surface area contributed by atoms with Crippen LogP contribution in [0.25, 0.3) is 0 Å². The fraction of sp³-hybridized carbons (Fsp3) is 0.714. The van der Waals surface area contributed by atoms with Crippen molar-refractivity contribution < 1.29 is 5.11 Å². The Morgan fingerprint density at radius 3 is 2.70 bits per heavy atom. The molecule has 112 valence electrons. The number of halogens is 2. The van der Waals surface area contributed by atoms with Crippen LogP contribution in [0.2, 0.25) is 5.15 Å². The van der Waals surface area contributed by atoms with Crippen molar-refractivity contribution in [3.8, 4) is 0 Å². The number of hydrogen-bond acceptors (Lipinski definition) is 4. The zero-order chi connectivity index (χ0) is 14.4. The number of aryl methyl sites for hydroxylation is 1. The summed E-state index contributed by atoms with van der Waals surface area (Å²) in [6.07, 6.45) is 7.68. The first-order valence-electron chi connectivity index (χ1n) is 7.30. The van der Waals surface area contributed by atoms with Crippen LogP contribution in [-0.2, 0) is 6.42 Å². The largest absolute Gasteiger partial charge is 0.396 e. The number of rotatable bonds is 7. The Bertz CT molecular complexity index is 445. The van der Waals surface area contributed by atoms with Gasteiger partial charge in [0.05, 0.1) is 5.69 Å². The summed E-state index contributed by atoms with van der Waals surface area (Å²) in [6, 6.07) is 0. The first-order valence-corrected chi connectivity index (χ1v) is 8.47. The van der Waals surface area contributed by atoms with Gasteiger partial charge in [0.2, 0.25) is 0 Å². The molecule has 0 aromatic carbocycles. The first kappa shape index (κ1) is 16.0. The van der Waals surface area contributed by atoms with E-state index in [0.717, 1.165) is 56.7 Å². The molecule has 0 saturated carbocycles. The third-order valence-electron chi connectivity index (χ3n) is 3.59. The van der Waals surface area contributed by atoms with E-state index in [-0.39, 0.29) is 0 Å². The van der Waals surface area contributed by atoms with Gasteiger partial charge in [0, 0.05) is 19.7 Å². The summed E-state index contributed by atoms with van der Waals surface area (Å²) in [5.74, 6) is 0.958. The lowest BCUT2D eigenvalue weighted by atomic mass is 10.1. The maximum atomic E-state index is 8.74. The second-order valence-electron chi connectivity index (χ2n) is 5.16. The molecule has 1 aromatic rings. The number of unbranched alkanes of at least 4 members (excludes halogenated alkanes) is 4. The topological polar surface area (TPSA) is 49.2 Å². The maximum Gasteiger partial charge on any atom is 0.164 e. The van der Waals surface area contributed by atoms with Gasteiger partial charge < -0.3 is 10.0 Å². The van der Waals surface area contributed by atoms with Crippen molar-refractivity contribution in [2.45, 2.75) is 44.9 Å². The zero-order valence-corrected chi connectivity index (χ0v) is 14.0. The van der Waals surface area contributed by atoms with Crippen LogP contribution in [0.1, 0.15) is 44.2 Å². The van der Waals surface area contributed by atoms with Crippen LogP contribution in [-0.4, -0.2) is 34.8 Å². The van der Waals surface area contributed by atoms with E-state index in [1.54, 1.807) is 0 Å². The van der Waals surface area contributed by atoms with Gasteiger partial charge in [-0.3, -0.25) is 0 Å². The highest BCUT2D eigenvalue weighted by atomic mass is 79.9. The Hall–Kier alpha value is -0.390. The molecule has 0 saturated heterocycles. The minimum atomic E-state index is 0.308. The smallest absolute Gasteiger partial charge is 0.164 e. The van der Waals surface area contributed by atoms with E-state index < -0.39 is 0 Å². The first-order chi connectivity index (χ1) is 9.72. The summed E-state index contributed by atoms with van der Waals surface area (Å²) in [4.78, 5) is 11.3. The molecule has 0 spiro atoms. The number of hydrogen-bond donors (Lipinski definition) is 1. The lowest BCUT2D eigenvalue weighted by Crippen LogP contribution is -2.32. The molecule has 2 rings (SSSR count). The van der Waals surface area contributed by atoms with E-state index in [9.17, 15) is 0 Å². The summed E-state index contributed by atoms with van der Waals surface area (Å²) in [5.41, 5.74) is 1.05. The van der Waals surface area contributed by atoms with Crippen LogP contribution >= 0.6 is 27.5 Å². The normalized spacial score (nSPS) is 14.4. The Morgan fingerprint density at radius 2 is 1.90 bits per heavy atom. The average Bonchev–Trinajstić information content (AvgIpc) is 2.44. The van der Waals surface area contributed by atoms with Gasteiger partial charge in [-0.1, -0.05) is 30.9 Å². The van der Waals surface area contributed by atoms with Crippen molar-refractivity contribution in [2.75, 3.05) is 24.6 Å². The van der Waals surface area contributed by atoms with Crippen LogP contribution in [0.15, 0.2) is 4.60 Å². The predicted octanol–water partition coefficient (Wildman–Crippen LogP) is 3.59. The Morgan fingerprint density at radius 1 is 1.15 bits per heavy atom. The van der Waals surface area contributed by atoms with Crippen molar-refractivity contribution in [3.63, 3.8) is 0 Å². The Labute approximate surface area is 133 Å². The van der Waals surface area contributed by atoms with E-state index in [0.29, 0.717) is 16.4 Å². The molecule has 0 bridgehead atoms. The summed E-state index contributed by atoms with van der Waals surface area (Å²) >= 11 is 9.40. The molecular formula is C14H21BrClN3O. The van der Waals surface area contributed by atoms with Gasteiger partial charge in [0.25, 0.3) is 0 Å². The van der Waals surface area contributed by atoms with Crippen molar-refractivity contribution in [1.82, 2.24) is 9.97 Å². The summed E-state index contributed by atoms with van der Waals surface area (Å²) in [7, 11) is 0. The molecule has 20 heavy (non-hydrogen) atoms. The maximum absolute atomic E-state index is 8.74. The van der Waals surface area contributed by atoms with Gasteiger partial charge in [-0.15, -0.1) is 0 Å². The lowest BCUT2D eigenvalue weighted by Gasteiger charge is -2.29. The highest BCUT2D eigenvalue weighted by Crippen LogP contribution is 2.29. The van der Waals surface area contributed by atoms with Gasteiger partial charge in [0.1, 0.15) is 4.60 Å². The van der Waals surface area contributed by atoms with Crippen LogP contribution in [0.4, 0.5) is 5.82 Å². The van der Waals surface area contributed by atoms with E-state index >= 15 is 0 Å². The van der Waals surface area contributed by atoms with Crippen molar-refractivity contribution >= 4 is 33.3 Å². The third-order valence-corrected chi connectivity index (χ3v) is 4.64. The minimum absolute atomic E-state index is 0.308. The van der Waals surface area contributed by atoms with Gasteiger partial charge in [0.15, 0.2) is 11.0 Å². The fourth-order valence-electron chi connectivity index (χ4n) is 2.54. The summed E-state index contributed by atoms with van der Waals surface area (Å²) < 4.78 is 0.642. The fourth-order valence-corrected chi connectivity index (χ4v) is 2.97. The monoisotopic (exact) mass is 361 g/mol. The zero-order valence-electron chi connectivity index (χ0n) is 11.6. The molecule has 1 N–H and O–H groups in total. The minimum Gasteiger partial charge on any atom is -0.396 e. The number of aliphatic hydroxyl groups is 1. The molecule has 1 aliphatic rings. The molecule has 0 amide bonds. The van der Waals surface area contributed by atoms with Crippen molar-refractivity contribution in [1.29, 1.82) is 0 Å². The van der Waals surface area contributed by atoms with Gasteiger partial charge in [-0.05, 0) is 41.6 Å². The molecule has 0 fully saturated rings. The number of anilines is 1. The van der Waals surface area contributed by atoms with Gasteiger partial charge in [-0.25, -0.2) is 9.97 Å². The van der Waals surface area contributed by atoms with E-state index in [2.05, 4.69) is 30.8 Å². The number of aliphatic hydroxyl groups excluding tert-OH is 1. The van der Waals surface area contributed by atoms with Crippen molar-refractivity contribution in [2.24, 2.45) is 0 Å². The molecule has 0 radical (unpaired) electrons. The summed E-state index contributed by atoms with van der Waals surface area (Å²) in [5, 5.41) is 9.19. The molecule has 2 heterocycles. The predicted molar refractivity (Wildman–Crippen MR) is 85.4 cm³/mol. The highest BCUT2D eigenvalue weighted by Gasteiger charge is 2.21. The molecule has 0 aliphatic carbocycles. The van der Waals surface area contributed by atoms with Crippen LogP contribution in [0.5, 0.6) is 0 Å². The quantitative estimate of drug-likeness (QED) is 0.753. The van der Waals surface area contributed by atoms with Crippen molar-refractivity contribution in [3.05, 3.63) is 15.5 Å². The van der Waals surface area contributed by atoms with Crippen LogP contribution in [0, 0.1) is 0 Å².